The molecule has 1 fully saturated rings. The Balaban J connectivity index is 1.61. The molecule has 0 aliphatic carbocycles. The fourth-order valence-electron chi connectivity index (χ4n) is 3.94. The molecule has 0 unspecified atom stereocenters. The molecular weight excluding hydrogens is 450 g/mol. The third-order valence-electron chi connectivity index (χ3n) is 5.74. The predicted octanol–water partition coefficient (Wildman–Crippen LogP) is 4.15. The maximum absolute atomic E-state index is 13.1. The Morgan fingerprint density at radius 1 is 1.21 bits per heavy atom. The molecule has 0 aromatic heterocycles. The molecule has 2 aromatic carbocycles. The monoisotopic (exact) mass is 477 g/mol. The summed E-state index contributed by atoms with van der Waals surface area (Å²) >= 11 is 6.04. The van der Waals surface area contributed by atoms with Crippen molar-refractivity contribution in [2.75, 3.05) is 50.6 Å². The highest BCUT2D eigenvalue weighted by Crippen LogP contribution is 2.32. The number of benzene rings is 2. The summed E-state index contributed by atoms with van der Waals surface area (Å²) in [6.07, 6.45) is 5.25. The first-order valence-corrected chi connectivity index (χ1v) is 11.5. The molecular formula is C26H28ClN5O2. The molecule has 176 valence electrons. The topological polar surface area (TPSA) is 69.2 Å². The molecule has 7 nitrogen and oxygen atoms in total. The Morgan fingerprint density at radius 3 is 2.62 bits per heavy atom. The number of carbonyl (C=O) groups excluding carboxylic acids is 1. The lowest BCUT2D eigenvalue weighted by Crippen LogP contribution is -2.43. The van der Waals surface area contributed by atoms with E-state index in [-0.39, 0.29) is 5.91 Å². The number of ether oxygens (including phenoxy) is 1. The summed E-state index contributed by atoms with van der Waals surface area (Å²) < 4.78 is 5.55. The zero-order valence-electron chi connectivity index (χ0n) is 19.3. The minimum Gasteiger partial charge on any atom is -0.495 e. The Kier molecular flexibility index (Phi) is 7.35. The molecule has 2 aliphatic rings. The van der Waals surface area contributed by atoms with Crippen LogP contribution in [0.25, 0.3) is 5.57 Å². The highest BCUT2D eigenvalue weighted by Gasteiger charge is 2.20. The van der Waals surface area contributed by atoms with Gasteiger partial charge in [-0.25, -0.2) is 4.99 Å². The first-order valence-electron chi connectivity index (χ1n) is 11.1. The SMILES string of the molecule is C=C/C(=C1/N=C(C(=O)Nc2ccc(OC)c(N3CCNCC3)c2)C=CN1C)c1ccc(Cl)cc1. The van der Waals surface area contributed by atoms with E-state index < -0.39 is 0 Å². The van der Waals surface area contributed by atoms with E-state index in [1.54, 1.807) is 19.3 Å². The van der Waals surface area contributed by atoms with Crippen molar-refractivity contribution in [1.82, 2.24) is 10.2 Å². The van der Waals surface area contributed by atoms with Gasteiger partial charge in [0.1, 0.15) is 17.3 Å². The second-order valence-electron chi connectivity index (χ2n) is 7.95. The molecule has 1 amide bonds. The summed E-state index contributed by atoms with van der Waals surface area (Å²) in [7, 11) is 3.54. The van der Waals surface area contributed by atoms with Crippen molar-refractivity contribution in [3.63, 3.8) is 0 Å². The Labute approximate surface area is 205 Å². The smallest absolute Gasteiger partial charge is 0.274 e. The quantitative estimate of drug-likeness (QED) is 0.654. The maximum atomic E-state index is 13.1. The predicted molar refractivity (Wildman–Crippen MR) is 140 cm³/mol. The number of methoxy groups -OCH3 is 1. The molecule has 4 rings (SSSR count). The van der Waals surface area contributed by atoms with E-state index in [2.05, 4.69) is 27.1 Å². The molecule has 0 saturated carbocycles. The molecule has 0 atom stereocenters. The van der Waals surface area contributed by atoms with E-state index in [4.69, 9.17) is 16.3 Å². The standard InChI is InChI=1S/C26H28ClN5O2/c1-4-21(18-5-7-19(27)8-6-18)25-30-22(11-14-31(25)2)26(33)29-20-9-10-24(34-3)23(17-20)32-15-12-28-13-16-32/h4-11,14,17,28H,1,12-13,15-16H2,2-3H3,(H,29,33)/b25-21+. The Hall–Kier alpha value is -3.55. The Bertz CT molecular complexity index is 1160. The van der Waals surface area contributed by atoms with E-state index in [0.717, 1.165) is 48.8 Å². The van der Waals surface area contributed by atoms with Gasteiger partial charge in [-0.05, 0) is 42.0 Å². The number of carbonyl (C=O) groups is 1. The van der Waals surface area contributed by atoms with E-state index in [0.29, 0.717) is 22.2 Å². The number of rotatable bonds is 6. The molecule has 8 heteroatoms. The van der Waals surface area contributed by atoms with Gasteiger partial charge in [0.2, 0.25) is 0 Å². The van der Waals surface area contributed by atoms with Crippen molar-refractivity contribution < 1.29 is 9.53 Å². The maximum Gasteiger partial charge on any atom is 0.274 e. The van der Waals surface area contributed by atoms with Gasteiger partial charge in [-0.3, -0.25) is 4.79 Å². The third-order valence-corrected chi connectivity index (χ3v) is 6.00. The number of halogens is 1. The van der Waals surface area contributed by atoms with E-state index >= 15 is 0 Å². The van der Waals surface area contributed by atoms with Crippen LogP contribution in [0.2, 0.25) is 5.02 Å². The lowest BCUT2D eigenvalue weighted by molar-refractivity contribution is -0.110. The fourth-order valence-corrected chi connectivity index (χ4v) is 4.07. The summed E-state index contributed by atoms with van der Waals surface area (Å²) in [6, 6.07) is 13.1. The first-order chi connectivity index (χ1) is 16.5. The van der Waals surface area contributed by atoms with Gasteiger partial charge < -0.3 is 25.2 Å². The normalized spacial score (nSPS) is 17.2. The van der Waals surface area contributed by atoms with Crippen LogP contribution in [-0.4, -0.2) is 56.9 Å². The molecule has 2 heterocycles. The number of nitrogens with zero attached hydrogens (tertiary/aromatic N) is 3. The van der Waals surface area contributed by atoms with Crippen LogP contribution in [0.1, 0.15) is 5.56 Å². The van der Waals surface area contributed by atoms with Crippen molar-refractivity contribution in [3.8, 4) is 5.75 Å². The molecule has 2 aromatic rings. The summed E-state index contributed by atoms with van der Waals surface area (Å²) in [4.78, 5) is 21.9. The molecule has 0 spiro atoms. The van der Waals surface area contributed by atoms with Crippen molar-refractivity contribution >= 4 is 40.2 Å². The number of piperazine rings is 1. The average Bonchev–Trinajstić information content (AvgIpc) is 2.87. The minimum absolute atomic E-state index is 0.294. The van der Waals surface area contributed by atoms with E-state index in [1.165, 1.54) is 0 Å². The van der Waals surface area contributed by atoms with Gasteiger partial charge in [0, 0.05) is 55.7 Å². The molecule has 34 heavy (non-hydrogen) atoms. The lowest BCUT2D eigenvalue weighted by Gasteiger charge is -2.31. The van der Waals surface area contributed by atoms with Crippen LogP contribution in [0.15, 0.2) is 78.2 Å². The number of allylic oxidation sites excluding steroid dienone is 2. The van der Waals surface area contributed by atoms with Gasteiger partial charge in [-0.1, -0.05) is 36.4 Å². The number of hydrogen-bond donors (Lipinski definition) is 2. The van der Waals surface area contributed by atoms with E-state index in [9.17, 15) is 4.79 Å². The summed E-state index contributed by atoms with van der Waals surface area (Å²) in [5.74, 6) is 1.11. The third kappa shape index (κ3) is 5.16. The molecule has 0 radical (unpaired) electrons. The second-order valence-corrected chi connectivity index (χ2v) is 8.39. The zero-order chi connectivity index (χ0) is 24.1. The summed E-state index contributed by atoms with van der Waals surface area (Å²) in [6.45, 7) is 7.50. The largest absolute Gasteiger partial charge is 0.495 e. The first kappa shape index (κ1) is 23.6. The lowest BCUT2D eigenvalue weighted by atomic mass is 10.1. The van der Waals surface area contributed by atoms with Crippen LogP contribution < -0.4 is 20.3 Å². The summed E-state index contributed by atoms with van der Waals surface area (Å²) in [5, 5.41) is 6.98. The van der Waals surface area contributed by atoms with Crippen molar-refractivity contribution in [2.45, 2.75) is 0 Å². The van der Waals surface area contributed by atoms with Gasteiger partial charge in [0.05, 0.1) is 12.8 Å². The van der Waals surface area contributed by atoms with E-state index in [1.807, 2.05) is 60.6 Å². The van der Waals surface area contributed by atoms with Crippen LogP contribution in [0.3, 0.4) is 0 Å². The van der Waals surface area contributed by atoms with Gasteiger partial charge in [0.15, 0.2) is 0 Å². The molecule has 2 N–H and O–H groups in total. The second kappa shape index (κ2) is 10.6. The summed E-state index contributed by atoms with van der Waals surface area (Å²) in [5.41, 5.74) is 3.66. The Morgan fingerprint density at radius 2 is 1.94 bits per heavy atom. The highest BCUT2D eigenvalue weighted by molar-refractivity contribution is 6.47. The molecule has 0 bridgehead atoms. The number of anilines is 2. The minimum atomic E-state index is -0.294. The zero-order valence-corrected chi connectivity index (χ0v) is 20.1. The average molecular weight is 478 g/mol. The number of aliphatic imine (C=N–C) groups is 1. The van der Waals surface area contributed by atoms with Gasteiger partial charge in [0.25, 0.3) is 5.91 Å². The van der Waals surface area contributed by atoms with Gasteiger partial charge in [-0.15, -0.1) is 0 Å². The van der Waals surface area contributed by atoms with Crippen molar-refractivity contribution in [1.29, 1.82) is 0 Å². The van der Waals surface area contributed by atoms with Crippen LogP contribution in [0.5, 0.6) is 5.75 Å². The number of nitrogens with one attached hydrogen (secondary N) is 2. The van der Waals surface area contributed by atoms with Gasteiger partial charge in [-0.2, -0.15) is 0 Å². The number of hydrogen-bond acceptors (Lipinski definition) is 6. The molecule has 1 saturated heterocycles. The molecule has 2 aliphatic heterocycles. The van der Waals surface area contributed by atoms with Crippen LogP contribution >= 0.6 is 11.6 Å². The number of amides is 1. The van der Waals surface area contributed by atoms with Crippen LogP contribution in [0.4, 0.5) is 11.4 Å². The van der Waals surface area contributed by atoms with Crippen molar-refractivity contribution in [3.05, 3.63) is 83.8 Å². The van der Waals surface area contributed by atoms with Gasteiger partial charge >= 0.3 is 0 Å². The fraction of sp³-hybridized carbons (Fsp3) is 0.231. The van der Waals surface area contributed by atoms with Crippen LogP contribution in [0, 0.1) is 0 Å². The van der Waals surface area contributed by atoms with Crippen molar-refractivity contribution in [2.24, 2.45) is 4.99 Å². The van der Waals surface area contributed by atoms with Crippen LogP contribution in [-0.2, 0) is 4.79 Å². The highest BCUT2D eigenvalue weighted by atomic mass is 35.5.